The van der Waals surface area contributed by atoms with Gasteiger partial charge in [0.2, 0.25) is 0 Å². The van der Waals surface area contributed by atoms with Crippen LogP contribution < -0.4 is 0 Å². The molecular weight excluding hydrogens is 292 g/mol. The Morgan fingerprint density at radius 3 is 2.83 bits per heavy atom. The highest BCUT2D eigenvalue weighted by atomic mass is 16.6. The lowest BCUT2D eigenvalue weighted by Gasteiger charge is -2.09. The molecule has 0 radical (unpaired) electrons. The molecule has 1 aliphatic heterocycles. The Kier molecular flexibility index (Phi) is 8.02. The summed E-state index contributed by atoms with van der Waals surface area (Å²) in [6.45, 7) is 11.7. The highest BCUT2D eigenvalue weighted by molar-refractivity contribution is 6.05. The number of ether oxygens (including phenoxy) is 1. The van der Waals surface area contributed by atoms with Crippen LogP contribution in [0.3, 0.4) is 0 Å². The quantitative estimate of drug-likeness (QED) is 0.351. The van der Waals surface area contributed by atoms with Crippen LogP contribution in [0.4, 0.5) is 0 Å². The van der Waals surface area contributed by atoms with Crippen LogP contribution in [0.25, 0.3) is 0 Å². The summed E-state index contributed by atoms with van der Waals surface area (Å²) in [5.74, 6) is 0.466. The van der Waals surface area contributed by atoms with Gasteiger partial charge in [-0.1, -0.05) is 37.7 Å². The fourth-order valence-electron chi connectivity index (χ4n) is 2.05. The van der Waals surface area contributed by atoms with E-state index in [1.165, 1.54) is 6.92 Å². The number of ketones is 1. The Morgan fingerprint density at radius 1 is 1.57 bits per heavy atom. The van der Waals surface area contributed by atoms with Gasteiger partial charge in [-0.3, -0.25) is 9.79 Å². The monoisotopic (exact) mass is 318 g/mol. The summed E-state index contributed by atoms with van der Waals surface area (Å²) in [6.07, 6.45) is 6.50. The number of unbranched alkanes of at least 4 members (excludes halogenated alkanes) is 1. The molecule has 126 valence electrons. The molecule has 0 amide bonds. The number of hydrogen-bond donors (Lipinski definition) is 0. The van der Waals surface area contributed by atoms with Gasteiger partial charge in [-0.25, -0.2) is 0 Å². The van der Waals surface area contributed by atoms with Crippen LogP contribution in [-0.2, 0) is 14.4 Å². The molecule has 5 heteroatoms. The number of carbonyl (C=O) groups excluding carboxylic acids is 1. The summed E-state index contributed by atoms with van der Waals surface area (Å²) in [5, 5.41) is 3.95. The van der Waals surface area contributed by atoms with Crippen LogP contribution in [0, 0.1) is 0 Å². The van der Waals surface area contributed by atoms with Crippen molar-refractivity contribution in [1.29, 1.82) is 0 Å². The predicted octanol–water partition coefficient (Wildman–Crippen LogP) is 3.62. The van der Waals surface area contributed by atoms with E-state index in [2.05, 4.69) is 30.2 Å². The zero-order valence-electron chi connectivity index (χ0n) is 14.3. The van der Waals surface area contributed by atoms with Crippen LogP contribution in [0.2, 0.25) is 0 Å². The van der Waals surface area contributed by atoms with Gasteiger partial charge >= 0.3 is 0 Å². The SMILES string of the molecule is C=C/C(=C\C(=C)OC/C(CCCC)=N/C)C1=NOC(C(C)=O)C1. The van der Waals surface area contributed by atoms with Crippen LogP contribution >= 0.6 is 0 Å². The highest BCUT2D eigenvalue weighted by Gasteiger charge is 2.26. The van der Waals surface area contributed by atoms with Crippen molar-refractivity contribution in [3.63, 3.8) is 0 Å². The molecule has 0 N–H and O–H groups in total. The number of carbonyl (C=O) groups is 1. The van der Waals surface area contributed by atoms with Gasteiger partial charge in [0.25, 0.3) is 0 Å². The van der Waals surface area contributed by atoms with Gasteiger partial charge in [0.1, 0.15) is 12.4 Å². The van der Waals surface area contributed by atoms with Gasteiger partial charge in [0.05, 0.1) is 5.71 Å². The third-order valence-electron chi connectivity index (χ3n) is 3.55. The average Bonchev–Trinajstić information content (AvgIpc) is 3.03. The standard InChI is InChI=1S/C18H26N2O3/c1-6-8-9-16(19-5)12-22-13(3)10-15(7-2)17-11-18(14(4)21)23-20-17/h7,10,18H,2-3,6,8-9,11-12H2,1,4-5H3/b15-10+,19-16+. The van der Waals surface area contributed by atoms with Gasteiger partial charge in [-0.2, -0.15) is 0 Å². The minimum Gasteiger partial charge on any atom is -0.488 e. The van der Waals surface area contributed by atoms with Crippen LogP contribution in [0.1, 0.15) is 39.5 Å². The molecule has 0 fully saturated rings. The van der Waals surface area contributed by atoms with Crippen molar-refractivity contribution in [2.24, 2.45) is 10.1 Å². The Labute approximate surface area is 138 Å². The Hall–Kier alpha value is -2.17. The van der Waals surface area contributed by atoms with Crippen molar-refractivity contribution < 1.29 is 14.4 Å². The molecule has 1 rings (SSSR count). The van der Waals surface area contributed by atoms with Gasteiger partial charge in [-0.15, -0.1) is 0 Å². The molecule has 0 aromatic carbocycles. The first kappa shape index (κ1) is 18.9. The largest absolute Gasteiger partial charge is 0.488 e. The Morgan fingerprint density at radius 2 is 2.30 bits per heavy atom. The van der Waals surface area contributed by atoms with E-state index in [1.807, 2.05) is 0 Å². The molecule has 1 heterocycles. The maximum Gasteiger partial charge on any atom is 0.190 e. The molecule has 5 nitrogen and oxygen atoms in total. The molecule has 0 aliphatic carbocycles. The minimum absolute atomic E-state index is 0.0398. The molecule has 0 aromatic rings. The molecule has 0 saturated heterocycles. The topological polar surface area (TPSA) is 60.3 Å². The normalized spacial score (nSPS) is 18.2. The van der Waals surface area contributed by atoms with E-state index in [0.717, 1.165) is 30.5 Å². The zero-order chi connectivity index (χ0) is 17.2. The number of nitrogens with zero attached hydrogens (tertiary/aromatic N) is 2. The number of hydrogen-bond acceptors (Lipinski definition) is 5. The second-order valence-corrected chi connectivity index (χ2v) is 5.40. The molecule has 1 atom stereocenters. The molecule has 23 heavy (non-hydrogen) atoms. The van der Waals surface area contributed by atoms with Crippen molar-refractivity contribution in [1.82, 2.24) is 0 Å². The summed E-state index contributed by atoms with van der Waals surface area (Å²) in [5.41, 5.74) is 2.45. The fourth-order valence-corrected chi connectivity index (χ4v) is 2.05. The molecular formula is C18H26N2O3. The second kappa shape index (κ2) is 9.77. The fraction of sp³-hybridized carbons (Fsp3) is 0.500. The van der Waals surface area contributed by atoms with E-state index < -0.39 is 6.10 Å². The van der Waals surface area contributed by atoms with Crippen LogP contribution in [0.15, 0.2) is 46.8 Å². The highest BCUT2D eigenvalue weighted by Crippen LogP contribution is 2.18. The van der Waals surface area contributed by atoms with Crippen molar-refractivity contribution in [2.45, 2.75) is 45.6 Å². The summed E-state index contributed by atoms with van der Waals surface area (Å²) in [7, 11) is 1.77. The minimum atomic E-state index is -0.504. The van der Waals surface area contributed by atoms with E-state index in [-0.39, 0.29) is 5.78 Å². The lowest BCUT2D eigenvalue weighted by Crippen LogP contribution is -2.17. The van der Waals surface area contributed by atoms with Crippen molar-refractivity contribution in [3.8, 4) is 0 Å². The van der Waals surface area contributed by atoms with E-state index in [1.54, 1.807) is 19.2 Å². The third kappa shape index (κ3) is 6.22. The Bertz CT molecular complexity index is 544. The van der Waals surface area contributed by atoms with E-state index >= 15 is 0 Å². The molecule has 0 bridgehead atoms. The van der Waals surface area contributed by atoms with Gasteiger partial charge in [-0.05, 0) is 25.8 Å². The lowest BCUT2D eigenvalue weighted by atomic mass is 10.0. The maximum absolute atomic E-state index is 11.3. The summed E-state index contributed by atoms with van der Waals surface area (Å²) < 4.78 is 5.65. The van der Waals surface area contributed by atoms with Crippen LogP contribution in [-0.4, -0.2) is 37.0 Å². The molecule has 0 spiro atoms. The van der Waals surface area contributed by atoms with Crippen molar-refractivity contribution in [2.75, 3.05) is 13.7 Å². The molecule has 0 aromatic heterocycles. The number of rotatable bonds is 10. The number of aliphatic imine (C=N–C) groups is 1. The van der Waals surface area contributed by atoms with E-state index in [9.17, 15) is 4.79 Å². The van der Waals surface area contributed by atoms with Gasteiger partial charge < -0.3 is 9.57 Å². The van der Waals surface area contributed by atoms with Crippen molar-refractivity contribution in [3.05, 3.63) is 36.6 Å². The lowest BCUT2D eigenvalue weighted by molar-refractivity contribution is -0.126. The maximum atomic E-state index is 11.3. The van der Waals surface area contributed by atoms with E-state index in [0.29, 0.717) is 24.5 Å². The molecule has 1 unspecified atom stereocenters. The summed E-state index contributed by atoms with van der Waals surface area (Å²) in [6, 6.07) is 0. The van der Waals surface area contributed by atoms with E-state index in [4.69, 9.17) is 9.57 Å². The average molecular weight is 318 g/mol. The predicted molar refractivity (Wildman–Crippen MR) is 93.9 cm³/mol. The first-order chi connectivity index (χ1) is 11.0. The molecule has 0 saturated carbocycles. The number of oxime groups is 1. The second-order valence-electron chi connectivity index (χ2n) is 5.40. The zero-order valence-corrected chi connectivity index (χ0v) is 14.3. The number of Topliss-reactive ketones (excluding diaryl/α,β-unsaturated/α-hetero) is 1. The summed E-state index contributed by atoms with van der Waals surface area (Å²) >= 11 is 0. The van der Waals surface area contributed by atoms with Crippen LogP contribution in [0.5, 0.6) is 0 Å². The van der Waals surface area contributed by atoms with Gasteiger partial charge in [0, 0.05) is 24.8 Å². The first-order valence-electron chi connectivity index (χ1n) is 7.85. The smallest absolute Gasteiger partial charge is 0.190 e. The first-order valence-corrected chi connectivity index (χ1v) is 7.85. The Balaban J connectivity index is 2.60. The molecule has 1 aliphatic rings. The van der Waals surface area contributed by atoms with Gasteiger partial charge in [0.15, 0.2) is 11.9 Å². The number of allylic oxidation sites excluding steroid dienone is 3. The van der Waals surface area contributed by atoms with Crippen molar-refractivity contribution >= 4 is 17.2 Å². The summed E-state index contributed by atoms with van der Waals surface area (Å²) in [4.78, 5) is 20.7. The third-order valence-corrected chi connectivity index (χ3v) is 3.55.